The predicted molar refractivity (Wildman–Crippen MR) is 112 cm³/mol. The van der Waals surface area contributed by atoms with Gasteiger partial charge in [0, 0.05) is 33.1 Å². The number of hydrogen-bond donors (Lipinski definition) is 0. The van der Waals surface area contributed by atoms with E-state index in [9.17, 15) is 19.2 Å². The van der Waals surface area contributed by atoms with Crippen LogP contribution in [0.3, 0.4) is 0 Å². The summed E-state index contributed by atoms with van der Waals surface area (Å²) in [4.78, 5) is 46.2. The van der Waals surface area contributed by atoms with Gasteiger partial charge in [-0.3, -0.25) is 19.2 Å². The van der Waals surface area contributed by atoms with Crippen LogP contribution < -0.4 is 9.47 Å². The lowest BCUT2D eigenvalue weighted by molar-refractivity contribution is -0.259. The van der Waals surface area contributed by atoms with Gasteiger partial charge in [0.25, 0.3) is 0 Å². The molecular formula is C23H24O10. The zero-order valence-electron chi connectivity index (χ0n) is 18.6. The molecule has 0 amide bonds. The van der Waals surface area contributed by atoms with Crippen LogP contribution in [0.25, 0.3) is 10.8 Å². The van der Waals surface area contributed by atoms with Crippen molar-refractivity contribution < 1.29 is 47.6 Å². The lowest BCUT2D eigenvalue weighted by Crippen LogP contribution is -2.59. The van der Waals surface area contributed by atoms with Gasteiger partial charge in [-0.05, 0) is 29.7 Å². The Morgan fingerprint density at radius 3 is 2.12 bits per heavy atom. The van der Waals surface area contributed by atoms with Crippen LogP contribution in [0, 0.1) is 0 Å². The molecule has 2 aromatic carbocycles. The zero-order valence-corrected chi connectivity index (χ0v) is 18.6. The molecule has 0 N–H and O–H groups in total. The van der Waals surface area contributed by atoms with Crippen molar-refractivity contribution in [2.75, 3.05) is 6.61 Å². The van der Waals surface area contributed by atoms with Crippen LogP contribution in [0.5, 0.6) is 11.5 Å². The van der Waals surface area contributed by atoms with E-state index in [1.807, 2.05) is 0 Å². The summed E-state index contributed by atoms with van der Waals surface area (Å²) in [6, 6.07) is 10.2. The van der Waals surface area contributed by atoms with Crippen LogP contribution in [0.1, 0.15) is 27.7 Å². The summed E-state index contributed by atoms with van der Waals surface area (Å²) < 4.78 is 32.6. The number of rotatable bonds is 6. The Balaban J connectivity index is 1.89. The average Bonchev–Trinajstić information content (AvgIpc) is 2.71. The standard InChI is InChI=1S/C23H24O10/c1-12(24)29-19-7-5-6-16-10-17(8-9-18(16)19)33-23-22(32-15(4)27)21(31-14(3)26)20(11-28-23)30-13(2)25/h5-10,20-23H,11H2,1-4H3/t20-,21+,22-,23+/m1/s1. The zero-order chi connectivity index (χ0) is 24.1. The molecule has 2 aromatic rings. The Bertz CT molecular complexity index is 1060. The van der Waals surface area contributed by atoms with E-state index in [0.717, 1.165) is 5.39 Å². The van der Waals surface area contributed by atoms with Gasteiger partial charge in [0.2, 0.25) is 12.4 Å². The van der Waals surface area contributed by atoms with Gasteiger partial charge in [-0.15, -0.1) is 0 Å². The SMILES string of the molecule is CC(=O)Oc1cccc2cc(O[C@@H]3OC[C@@H](OC(C)=O)[C@H](OC(C)=O)[C@H]3OC(C)=O)ccc12. The Morgan fingerprint density at radius 2 is 1.48 bits per heavy atom. The molecule has 0 bridgehead atoms. The van der Waals surface area contributed by atoms with Crippen molar-refractivity contribution in [3.63, 3.8) is 0 Å². The molecule has 1 aliphatic rings. The second-order valence-corrected chi connectivity index (χ2v) is 7.35. The summed E-state index contributed by atoms with van der Waals surface area (Å²) in [5.74, 6) is -1.61. The van der Waals surface area contributed by atoms with Gasteiger partial charge in [-0.2, -0.15) is 0 Å². The average molecular weight is 460 g/mol. The van der Waals surface area contributed by atoms with Gasteiger partial charge in [0.05, 0.1) is 6.61 Å². The fourth-order valence-corrected chi connectivity index (χ4v) is 3.49. The number of esters is 4. The van der Waals surface area contributed by atoms with E-state index in [2.05, 4.69) is 0 Å². The van der Waals surface area contributed by atoms with E-state index in [1.165, 1.54) is 27.7 Å². The Hall–Kier alpha value is -3.66. The van der Waals surface area contributed by atoms with Crippen LogP contribution in [0.4, 0.5) is 0 Å². The third-order valence-corrected chi connectivity index (χ3v) is 4.62. The van der Waals surface area contributed by atoms with Gasteiger partial charge < -0.3 is 28.4 Å². The third kappa shape index (κ3) is 6.19. The summed E-state index contributed by atoms with van der Waals surface area (Å²) in [5.41, 5.74) is 0. The number of carbonyl (C=O) groups is 4. The minimum Gasteiger partial charge on any atom is -0.461 e. The first-order chi connectivity index (χ1) is 15.6. The minimum absolute atomic E-state index is 0.149. The molecule has 176 valence electrons. The second-order valence-electron chi connectivity index (χ2n) is 7.35. The lowest BCUT2D eigenvalue weighted by atomic mass is 10.0. The van der Waals surface area contributed by atoms with Gasteiger partial charge in [0.1, 0.15) is 11.5 Å². The number of ether oxygens (including phenoxy) is 6. The fourth-order valence-electron chi connectivity index (χ4n) is 3.49. The van der Waals surface area contributed by atoms with Gasteiger partial charge in [-0.1, -0.05) is 12.1 Å². The van der Waals surface area contributed by atoms with Crippen molar-refractivity contribution in [2.24, 2.45) is 0 Å². The molecule has 1 saturated heterocycles. The number of carbonyl (C=O) groups excluding carboxylic acids is 4. The highest BCUT2D eigenvalue weighted by Crippen LogP contribution is 2.31. The normalized spacial score (nSPS) is 22.2. The predicted octanol–water partition coefficient (Wildman–Crippen LogP) is 2.30. The minimum atomic E-state index is -1.20. The Morgan fingerprint density at radius 1 is 0.818 bits per heavy atom. The summed E-state index contributed by atoms with van der Waals surface area (Å²) >= 11 is 0. The van der Waals surface area contributed by atoms with Crippen LogP contribution in [0.15, 0.2) is 36.4 Å². The van der Waals surface area contributed by atoms with E-state index in [0.29, 0.717) is 16.9 Å². The molecule has 3 rings (SSSR count). The summed E-state index contributed by atoms with van der Waals surface area (Å²) in [6.07, 6.45) is -4.48. The van der Waals surface area contributed by atoms with Gasteiger partial charge in [-0.25, -0.2) is 0 Å². The first kappa shape index (κ1) is 24.0. The lowest BCUT2D eigenvalue weighted by Gasteiger charge is -2.40. The van der Waals surface area contributed by atoms with E-state index >= 15 is 0 Å². The Kier molecular flexibility index (Phi) is 7.49. The molecule has 33 heavy (non-hydrogen) atoms. The monoisotopic (exact) mass is 460 g/mol. The smallest absolute Gasteiger partial charge is 0.308 e. The van der Waals surface area contributed by atoms with E-state index < -0.39 is 48.5 Å². The van der Waals surface area contributed by atoms with Crippen LogP contribution in [-0.4, -0.2) is 55.1 Å². The van der Waals surface area contributed by atoms with Gasteiger partial charge in [0.15, 0.2) is 12.2 Å². The third-order valence-electron chi connectivity index (χ3n) is 4.62. The molecule has 1 heterocycles. The van der Waals surface area contributed by atoms with Crippen LogP contribution in [0.2, 0.25) is 0 Å². The maximum Gasteiger partial charge on any atom is 0.308 e. The molecular weight excluding hydrogens is 436 g/mol. The highest BCUT2D eigenvalue weighted by atomic mass is 16.7. The van der Waals surface area contributed by atoms with Crippen molar-refractivity contribution in [1.29, 1.82) is 0 Å². The molecule has 0 saturated carbocycles. The number of hydrogen-bond acceptors (Lipinski definition) is 10. The summed E-state index contributed by atoms with van der Waals surface area (Å²) in [6.45, 7) is 4.74. The van der Waals surface area contributed by atoms with Crippen molar-refractivity contribution >= 4 is 34.6 Å². The number of fused-ring (bicyclic) bond motifs is 1. The maximum absolute atomic E-state index is 11.7. The van der Waals surface area contributed by atoms with Crippen LogP contribution >= 0.6 is 0 Å². The van der Waals surface area contributed by atoms with Crippen molar-refractivity contribution in [3.8, 4) is 11.5 Å². The summed E-state index contributed by atoms with van der Waals surface area (Å²) in [5, 5.41) is 1.41. The molecule has 0 unspecified atom stereocenters. The van der Waals surface area contributed by atoms with E-state index in [4.69, 9.17) is 28.4 Å². The van der Waals surface area contributed by atoms with Crippen molar-refractivity contribution in [2.45, 2.75) is 52.3 Å². The van der Waals surface area contributed by atoms with E-state index in [-0.39, 0.29) is 6.61 Å². The molecule has 10 nitrogen and oxygen atoms in total. The molecule has 0 spiro atoms. The Labute approximate surface area is 189 Å². The summed E-state index contributed by atoms with van der Waals surface area (Å²) in [7, 11) is 0. The first-order valence-corrected chi connectivity index (χ1v) is 10.1. The van der Waals surface area contributed by atoms with Crippen molar-refractivity contribution in [1.82, 2.24) is 0 Å². The topological polar surface area (TPSA) is 124 Å². The highest BCUT2D eigenvalue weighted by Gasteiger charge is 2.48. The molecule has 1 aliphatic heterocycles. The first-order valence-electron chi connectivity index (χ1n) is 10.1. The molecule has 0 aliphatic carbocycles. The van der Waals surface area contributed by atoms with Crippen LogP contribution in [-0.2, 0) is 38.1 Å². The molecule has 0 aromatic heterocycles. The molecule has 10 heteroatoms. The fraction of sp³-hybridized carbons (Fsp3) is 0.391. The quantitative estimate of drug-likeness (QED) is 0.360. The largest absolute Gasteiger partial charge is 0.461 e. The highest BCUT2D eigenvalue weighted by molar-refractivity contribution is 5.91. The van der Waals surface area contributed by atoms with E-state index in [1.54, 1.807) is 36.4 Å². The second kappa shape index (κ2) is 10.3. The molecule has 1 fully saturated rings. The van der Waals surface area contributed by atoms with Crippen molar-refractivity contribution in [3.05, 3.63) is 36.4 Å². The maximum atomic E-state index is 11.7. The van der Waals surface area contributed by atoms with Gasteiger partial charge >= 0.3 is 23.9 Å². The number of benzene rings is 2. The molecule has 4 atom stereocenters. The molecule has 0 radical (unpaired) electrons.